The molecule has 21 heavy (non-hydrogen) atoms. The first-order valence-corrected chi connectivity index (χ1v) is 7.36. The van der Waals surface area contributed by atoms with E-state index in [9.17, 15) is 9.59 Å². The Kier molecular flexibility index (Phi) is 4.54. The lowest BCUT2D eigenvalue weighted by Crippen LogP contribution is -2.42. The number of benzene rings is 1. The number of nitrogens with one attached hydrogen (secondary N) is 2. The van der Waals surface area contributed by atoms with E-state index in [-0.39, 0.29) is 22.4 Å². The fourth-order valence-electron chi connectivity index (χ4n) is 2.71. The first-order valence-electron chi connectivity index (χ1n) is 6.98. The summed E-state index contributed by atoms with van der Waals surface area (Å²) in [5, 5.41) is 6.39. The molecule has 2 rings (SSSR count). The van der Waals surface area contributed by atoms with Gasteiger partial charge >= 0.3 is 0 Å². The molecule has 1 saturated heterocycles. The van der Waals surface area contributed by atoms with Crippen molar-refractivity contribution in [3.05, 3.63) is 28.8 Å². The van der Waals surface area contributed by atoms with Crippen LogP contribution in [0.25, 0.3) is 0 Å². The Morgan fingerprint density at radius 2 is 2.14 bits per heavy atom. The molecular formula is C15H20ClN3O2. The monoisotopic (exact) mass is 309 g/mol. The Hall–Kier alpha value is -1.59. The third-order valence-electron chi connectivity index (χ3n) is 4.24. The summed E-state index contributed by atoms with van der Waals surface area (Å²) >= 11 is 6.00. The lowest BCUT2D eigenvalue weighted by Gasteiger charge is -2.31. The van der Waals surface area contributed by atoms with E-state index in [1.165, 1.54) is 6.07 Å². The minimum Gasteiger partial charge on any atom is -0.366 e. The van der Waals surface area contributed by atoms with E-state index in [1.54, 1.807) is 12.1 Å². The average Bonchev–Trinajstić information content (AvgIpc) is 2.88. The number of halogens is 1. The third kappa shape index (κ3) is 3.04. The lowest BCUT2D eigenvalue weighted by molar-refractivity contribution is -0.126. The fraction of sp³-hybridized carbons (Fsp3) is 0.467. The van der Waals surface area contributed by atoms with E-state index in [4.69, 9.17) is 17.3 Å². The molecule has 0 bridgehead atoms. The van der Waals surface area contributed by atoms with Gasteiger partial charge in [-0.3, -0.25) is 9.59 Å². The van der Waals surface area contributed by atoms with Crippen molar-refractivity contribution >= 4 is 29.1 Å². The zero-order valence-electron chi connectivity index (χ0n) is 12.2. The second kappa shape index (κ2) is 6.03. The minimum atomic E-state index is -0.587. The molecule has 5 nitrogen and oxygen atoms in total. The second-order valence-electron chi connectivity index (χ2n) is 5.75. The number of primary amides is 1. The van der Waals surface area contributed by atoms with Crippen LogP contribution in [-0.2, 0) is 4.79 Å². The zero-order chi connectivity index (χ0) is 15.6. The maximum Gasteiger partial charge on any atom is 0.250 e. The van der Waals surface area contributed by atoms with Gasteiger partial charge < -0.3 is 16.4 Å². The van der Waals surface area contributed by atoms with Crippen LogP contribution < -0.4 is 16.4 Å². The predicted octanol–water partition coefficient (Wildman–Crippen LogP) is 2.01. The second-order valence-corrected chi connectivity index (χ2v) is 6.16. The van der Waals surface area contributed by atoms with E-state index in [2.05, 4.69) is 24.5 Å². The summed E-state index contributed by atoms with van der Waals surface area (Å²) in [5.74, 6) is -0.380. The molecule has 1 fully saturated rings. The molecule has 0 saturated carbocycles. The van der Waals surface area contributed by atoms with Crippen LogP contribution in [0, 0.1) is 11.3 Å². The molecule has 1 aromatic carbocycles. The third-order valence-corrected chi connectivity index (χ3v) is 4.55. The van der Waals surface area contributed by atoms with Crippen LogP contribution in [0.3, 0.4) is 0 Å². The van der Waals surface area contributed by atoms with Crippen LogP contribution in [-0.4, -0.2) is 24.9 Å². The molecule has 1 aliphatic rings. The number of carbonyl (C=O) groups excluding carboxylic acids is 2. The Morgan fingerprint density at radius 3 is 2.62 bits per heavy atom. The van der Waals surface area contributed by atoms with Crippen molar-refractivity contribution in [3.8, 4) is 0 Å². The summed E-state index contributed by atoms with van der Waals surface area (Å²) in [5.41, 5.74) is 5.62. The maximum absolute atomic E-state index is 12.6. The van der Waals surface area contributed by atoms with Crippen molar-refractivity contribution in [1.82, 2.24) is 5.32 Å². The number of carbonyl (C=O) groups is 2. The number of amides is 2. The molecule has 1 unspecified atom stereocenters. The summed E-state index contributed by atoms with van der Waals surface area (Å²) in [6, 6.07) is 4.71. The lowest BCUT2D eigenvalue weighted by atomic mass is 9.75. The van der Waals surface area contributed by atoms with Gasteiger partial charge in [0.05, 0.1) is 16.0 Å². The van der Waals surface area contributed by atoms with Crippen LogP contribution >= 0.6 is 11.6 Å². The van der Waals surface area contributed by atoms with Gasteiger partial charge in [-0.1, -0.05) is 25.4 Å². The molecule has 1 atom stereocenters. The summed E-state index contributed by atoms with van der Waals surface area (Å²) in [7, 11) is 0. The van der Waals surface area contributed by atoms with Crippen molar-refractivity contribution in [3.63, 3.8) is 0 Å². The Labute approximate surface area is 129 Å². The van der Waals surface area contributed by atoms with Gasteiger partial charge in [-0.2, -0.15) is 0 Å². The van der Waals surface area contributed by atoms with Gasteiger partial charge in [-0.25, -0.2) is 0 Å². The van der Waals surface area contributed by atoms with E-state index < -0.39 is 11.3 Å². The van der Waals surface area contributed by atoms with Crippen molar-refractivity contribution in [2.24, 2.45) is 17.1 Å². The number of hydrogen-bond donors (Lipinski definition) is 3. The van der Waals surface area contributed by atoms with Crippen molar-refractivity contribution in [2.75, 3.05) is 18.4 Å². The van der Waals surface area contributed by atoms with Crippen LogP contribution in [0.5, 0.6) is 0 Å². The van der Waals surface area contributed by atoms with E-state index >= 15 is 0 Å². The van der Waals surface area contributed by atoms with Gasteiger partial charge in [0, 0.05) is 12.2 Å². The minimum absolute atomic E-state index is 0.0228. The van der Waals surface area contributed by atoms with Gasteiger partial charge in [-0.15, -0.1) is 0 Å². The van der Waals surface area contributed by atoms with Gasteiger partial charge in [0.1, 0.15) is 0 Å². The Morgan fingerprint density at radius 1 is 1.43 bits per heavy atom. The molecular weight excluding hydrogens is 290 g/mol. The molecule has 4 N–H and O–H groups in total. The normalized spacial score (nSPS) is 21.5. The SMILES string of the molecule is CC(C)C1(C(=O)Nc2ccc(C(N)=O)c(Cl)c2)CCNC1. The fourth-order valence-corrected chi connectivity index (χ4v) is 2.98. The summed E-state index contributed by atoms with van der Waals surface area (Å²) in [6.07, 6.45) is 0.809. The highest BCUT2D eigenvalue weighted by atomic mass is 35.5. The molecule has 0 aromatic heterocycles. The number of anilines is 1. The smallest absolute Gasteiger partial charge is 0.250 e. The summed E-state index contributed by atoms with van der Waals surface area (Å²) < 4.78 is 0. The topological polar surface area (TPSA) is 84.2 Å². The van der Waals surface area contributed by atoms with E-state index in [0.717, 1.165) is 13.0 Å². The molecule has 2 amide bonds. The van der Waals surface area contributed by atoms with Crippen LogP contribution in [0.1, 0.15) is 30.6 Å². The van der Waals surface area contributed by atoms with Crippen LogP contribution in [0.15, 0.2) is 18.2 Å². The highest BCUT2D eigenvalue weighted by Gasteiger charge is 2.43. The Bertz CT molecular complexity index is 566. The highest BCUT2D eigenvalue weighted by Crippen LogP contribution is 2.35. The van der Waals surface area contributed by atoms with Gasteiger partial charge in [0.25, 0.3) is 0 Å². The van der Waals surface area contributed by atoms with E-state index in [0.29, 0.717) is 12.2 Å². The summed E-state index contributed by atoms with van der Waals surface area (Å²) in [4.78, 5) is 23.8. The first-order chi connectivity index (χ1) is 9.86. The number of nitrogens with two attached hydrogens (primary N) is 1. The molecule has 1 heterocycles. The summed E-state index contributed by atoms with van der Waals surface area (Å²) in [6.45, 7) is 5.61. The highest BCUT2D eigenvalue weighted by molar-refractivity contribution is 6.34. The first kappa shape index (κ1) is 15.8. The molecule has 0 spiro atoms. The maximum atomic E-state index is 12.6. The van der Waals surface area contributed by atoms with Gasteiger partial charge in [0.2, 0.25) is 11.8 Å². The molecule has 0 aliphatic carbocycles. The number of rotatable bonds is 4. The largest absolute Gasteiger partial charge is 0.366 e. The molecule has 114 valence electrons. The molecule has 0 radical (unpaired) electrons. The number of hydrogen-bond acceptors (Lipinski definition) is 3. The predicted molar refractivity (Wildman–Crippen MR) is 83.4 cm³/mol. The Balaban J connectivity index is 2.19. The van der Waals surface area contributed by atoms with Crippen molar-refractivity contribution in [2.45, 2.75) is 20.3 Å². The standard InChI is InChI=1S/C15H20ClN3O2/c1-9(2)15(5-6-18-8-15)14(21)19-10-3-4-11(13(17)20)12(16)7-10/h3-4,7,9,18H,5-6,8H2,1-2H3,(H2,17,20)(H,19,21). The van der Waals surface area contributed by atoms with E-state index in [1.807, 2.05) is 0 Å². The van der Waals surface area contributed by atoms with Crippen molar-refractivity contribution < 1.29 is 9.59 Å². The molecule has 1 aliphatic heterocycles. The van der Waals surface area contributed by atoms with Crippen molar-refractivity contribution in [1.29, 1.82) is 0 Å². The zero-order valence-corrected chi connectivity index (χ0v) is 13.0. The van der Waals surface area contributed by atoms with Crippen LogP contribution in [0.2, 0.25) is 5.02 Å². The van der Waals surface area contributed by atoms with Gasteiger partial charge in [-0.05, 0) is 37.1 Å². The quantitative estimate of drug-likeness (QED) is 0.795. The van der Waals surface area contributed by atoms with Gasteiger partial charge in [0.15, 0.2) is 0 Å². The van der Waals surface area contributed by atoms with Crippen LogP contribution in [0.4, 0.5) is 5.69 Å². The average molecular weight is 310 g/mol. The molecule has 6 heteroatoms. The molecule has 1 aromatic rings.